The van der Waals surface area contributed by atoms with E-state index in [1.165, 1.54) is 11.1 Å². The Morgan fingerprint density at radius 1 is 0.895 bits per heavy atom. The van der Waals surface area contributed by atoms with E-state index in [-0.39, 0.29) is 0 Å². The van der Waals surface area contributed by atoms with Crippen molar-refractivity contribution in [2.24, 2.45) is 0 Å². The zero-order chi connectivity index (χ0) is 14.9. The van der Waals surface area contributed by atoms with Crippen LogP contribution in [0.25, 0.3) is 0 Å². The lowest BCUT2D eigenvalue weighted by molar-refractivity contribution is 1.11. The molecule has 0 fully saturated rings. The van der Waals surface area contributed by atoms with Crippen LogP contribution in [0.2, 0.25) is 0 Å². The standard InChI is InChI=1S/C9H12.C8H12.C2H4/c1-3-9-7-5-4-6-8(9)2;1-3-5-7-8-6-4-2;1-2/h4-7H,3H2,1-2H3;3-8H,1-2H3;1-2H2/b;5-3-,6-4+,8-7-;. The Bertz CT molecular complexity index is 367. The molecule has 19 heavy (non-hydrogen) atoms. The molecular formula is C19H28. The van der Waals surface area contributed by atoms with Crippen molar-refractivity contribution in [2.45, 2.75) is 34.1 Å². The third kappa shape index (κ3) is 12.4. The summed E-state index contributed by atoms with van der Waals surface area (Å²) in [5.74, 6) is 0. The Hall–Kier alpha value is -1.82. The van der Waals surface area contributed by atoms with Crippen LogP contribution in [0.1, 0.15) is 31.9 Å². The minimum atomic E-state index is 1.15. The molecule has 104 valence electrons. The van der Waals surface area contributed by atoms with Gasteiger partial charge in [-0.3, -0.25) is 0 Å². The second-order valence-electron chi connectivity index (χ2n) is 3.72. The van der Waals surface area contributed by atoms with Crippen LogP contribution in [-0.2, 0) is 6.42 Å². The molecule has 0 aliphatic rings. The van der Waals surface area contributed by atoms with Gasteiger partial charge in [-0.2, -0.15) is 0 Å². The molecule has 0 N–H and O–H groups in total. The molecule has 0 nitrogen and oxygen atoms in total. The van der Waals surface area contributed by atoms with Gasteiger partial charge in [-0.25, -0.2) is 0 Å². The molecule has 0 heteroatoms. The lowest BCUT2D eigenvalue weighted by atomic mass is 10.1. The highest BCUT2D eigenvalue weighted by atomic mass is 13.9. The molecule has 0 aliphatic carbocycles. The number of rotatable bonds is 3. The van der Waals surface area contributed by atoms with Gasteiger partial charge in [0.05, 0.1) is 0 Å². The number of hydrogen-bond donors (Lipinski definition) is 0. The van der Waals surface area contributed by atoms with Gasteiger partial charge in [0.1, 0.15) is 0 Å². The van der Waals surface area contributed by atoms with Gasteiger partial charge in [0.15, 0.2) is 0 Å². The van der Waals surface area contributed by atoms with Crippen LogP contribution >= 0.6 is 0 Å². The van der Waals surface area contributed by atoms with Gasteiger partial charge < -0.3 is 0 Å². The summed E-state index contributed by atoms with van der Waals surface area (Å²) in [4.78, 5) is 0. The van der Waals surface area contributed by atoms with Crippen molar-refractivity contribution < 1.29 is 0 Å². The molecule has 0 heterocycles. The van der Waals surface area contributed by atoms with Crippen LogP contribution in [0.15, 0.2) is 73.9 Å². The third-order valence-electron chi connectivity index (χ3n) is 2.36. The topological polar surface area (TPSA) is 0 Å². The maximum Gasteiger partial charge on any atom is -0.0305 e. The minimum absolute atomic E-state index is 1.15. The van der Waals surface area contributed by atoms with Crippen LogP contribution in [0, 0.1) is 6.92 Å². The molecule has 0 unspecified atom stereocenters. The predicted molar refractivity (Wildman–Crippen MR) is 90.6 cm³/mol. The van der Waals surface area contributed by atoms with Gasteiger partial charge >= 0.3 is 0 Å². The molecule has 0 radical (unpaired) electrons. The first kappa shape index (κ1) is 19.5. The SMILES string of the molecule is C=C.CCc1ccccc1C.C\C=C/C=C\C=C\C. The maximum atomic E-state index is 3.00. The van der Waals surface area contributed by atoms with Crippen LogP contribution in [0.3, 0.4) is 0 Å². The number of benzene rings is 1. The smallest absolute Gasteiger partial charge is 0.0305 e. The number of hydrogen-bond acceptors (Lipinski definition) is 0. The summed E-state index contributed by atoms with van der Waals surface area (Å²) in [5.41, 5.74) is 2.86. The highest BCUT2D eigenvalue weighted by molar-refractivity contribution is 5.25. The quantitative estimate of drug-likeness (QED) is 0.456. The first-order valence-electron chi connectivity index (χ1n) is 6.71. The fourth-order valence-electron chi connectivity index (χ4n) is 1.36. The molecule has 1 aromatic carbocycles. The third-order valence-corrected chi connectivity index (χ3v) is 2.36. The Kier molecular flexibility index (Phi) is 16.6. The van der Waals surface area contributed by atoms with E-state index in [0.29, 0.717) is 0 Å². The highest BCUT2D eigenvalue weighted by Crippen LogP contribution is 2.06. The van der Waals surface area contributed by atoms with E-state index < -0.39 is 0 Å². The summed E-state index contributed by atoms with van der Waals surface area (Å²) < 4.78 is 0. The molecule has 0 saturated heterocycles. The Morgan fingerprint density at radius 3 is 1.68 bits per heavy atom. The van der Waals surface area contributed by atoms with Crippen LogP contribution in [-0.4, -0.2) is 0 Å². The van der Waals surface area contributed by atoms with Gasteiger partial charge in [0.25, 0.3) is 0 Å². The molecule has 0 bridgehead atoms. The van der Waals surface area contributed by atoms with E-state index in [2.05, 4.69) is 51.3 Å². The van der Waals surface area contributed by atoms with Crippen LogP contribution in [0.4, 0.5) is 0 Å². The molecule has 0 amide bonds. The van der Waals surface area contributed by atoms with E-state index in [9.17, 15) is 0 Å². The predicted octanol–water partition coefficient (Wildman–Crippen LogP) is 6.05. The summed E-state index contributed by atoms with van der Waals surface area (Å²) in [7, 11) is 0. The zero-order valence-electron chi connectivity index (χ0n) is 12.9. The Labute approximate surface area is 119 Å². The second-order valence-corrected chi connectivity index (χ2v) is 3.72. The van der Waals surface area contributed by atoms with Gasteiger partial charge in [-0.15, -0.1) is 13.2 Å². The van der Waals surface area contributed by atoms with E-state index in [4.69, 9.17) is 0 Å². The summed E-state index contributed by atoms with van der Waals surface area (Å²) in [6.45, 7) is 14.3. The molecular weight excluding hydrogens is 228 g/mol. The van der Waals surface area contributed by atoms with Crippen molar-refractivity contribution in [3.8, 4) is 0 Å². The summed E-state index contributed by atoms with van der Waals surface area (Å²) in [6, 6.07) is 8.49. The molecule has 0 spiro atoms. The van der Waals surface area contributed by atoms with Crippen LogP contribution < -0.4 is 0 Å². The fourth-order valence-corrected chi connectivity index (χ4v) is 1.36. The average Bonchev–Trinajstić information content (AvgIpc) is 2.47. The molecule has 0 aromatic heterocycles. The normalized spacial score (nSPS) is 10.1. The first-order chi connectivity index (χ1) is 9.26. The molecule has 1 rings (SSSR count). The van der Waals surface area contributed by atoms with Gasteiger partial charge in [-0.05, 0) is 38.3 Å². The molecule has 0 aliphatic heterocycles. The van der Waals surface area contributed by atoms with Crippen molar-refractivity contribution in [1.82, 2.24) is 0 Å². The van der Waals surface area contributed by atoms with Gasteiger partial charge in [0.2, 0.25) is 0 Å². The van der Waals surface area contributed by atoms with Crippen molar-refractivity contribution in [3.63, 3.8) is 0 Å². The molecule has 1 aromatic rings. The fraction of sp³-hybridized carbons (Fsp3) is 0.263. The summed E-state index contributed by atoms with van der Waals surface area (Å²) >= 11 is 0. The lowest BCUT2D eigenvalue weighted by Crippen LogP contribution is -1.82. The largest absolute Gasteiger partial charge is 0.106 e. The molecule has 0 atom stereocenters. The Balaban J connectivity index is 0. The van der Waals surface area contributed by atoms with Crippen molar-refractivity contribution >= 4 is 0 Å². The van der Waals surface area contributed by atoms with E-state index in [1.54, 1.807) is 0 Å². The van der Waals surface area contributed by atoms with E-state index >= 15 is 0 Å². The Morgan fingerprint density at radius 2 is 1.37 bits per heavy atom. The van der Waals surface area contributed by atoms with Crippen molar-refractivity contribution in [3.05, 3.63) is 85.0 Å². The zero-order valence-corrected chi connectivity index (χ0v) is 12.9. The van der Waals surface area contributed by atoms with Gasteiger partial charge in [-0.1, -0.05) is 67.6 Å². The van der Waals surface area contributed by atoms with E-state index in [0.717, 1.165) is 6.42 Å². The van der Waals surface area contributed by atoms with Gasteiger partial charge in [0, 0.05) is 0 Å². The molecule has 0 saturated carbocycles. The van der Waals surface area contributed by atoms with E-state index in [1.807, 2.05) is 50.3 Å². The minimum Gasteiger partial charge on any atom is -0.106 e. The number of allylic oxidation sites excluding steroid dienone is 6. The lowest BCUT2D eigenvalue weighted by Gasteiger charge is -1.98. The average molecular weight is 256 g/mol. The summed E-state index contributed by atoms with van der Waals surface area (Å²) in [6.07, 6.45) is 13.1. The van der Waals surface area contributed by atoms with Crippen molar-refractivity contribution in [2.75, 3.05) is 0 Å². The number of aryl methyl sites for hydroxylation is 2. The first-order valence-corrected chi connectivity index (χ1v) is 6.71. The monoisotopic (exact) mass is 256 g/mol. The maximum absolute atomic E-state index is 3.00. The second kappa shape index (κ2) is 16.2. The van der Waals surface area contributed by atoms with Crippen molar-refractivity contribution in [1.29, 1.82) is 0 Å². The summed E-state index contributed by atoms with van der Waals surface area (Å²) in [5, 5.41) is 0. The highest BCUT2D eigenvalue weighted by Gasteiger charge is 1.89. The van der Waals surface area contributed by atoms with Crippen LogP contribution in [0.5, 0.6) is 0 Å².